The van der Waals surface area contributed by atoms with Gasteiger partial charge in [0.15, 0.2) is 5.96 Å². The lowest BCUT2D eigenvalue weighted by Crippen LogP contribution is -2.48. The van der Waals surface area contributed by atoms with Gasteiger partial charge in [-0.05, 0) is 32.3 Å². The minimum absolute atomic E-state index is 0. The minimum Gasteiger partial charge on any atom is -0.357 e. The topological polar surface area (TPSA) is 45.5 Å². The fraction of sp³-hybridized carbons (Fsp3) is 0.750. The van der Waals surface area contributed by atoms with E-state index in [1.165, 1.54) is 17.7 Å². The molecule has 1 N–H and O–H groups in total. The summed E-state index contributed by atoms with van der Waals surface area (Å²) in [6, 6.07) is 0. The molecule has 1 aliphatic heterocycles. The molecule has 0 bridgehead atoms. The zero-order valence-corrected chi connectivity index (χ0v) is 17.6. The van der Waals surface area contributed by atoms with E-state index >= 15 is 0 Å². The molecule has 1 saturated heterocycles. The zero-order valence-electron chi connectivity index (χ0n) is 14.5. The van der Waals surface area contributed by atoms with Crippen LogP contribution in [0.25, 0.3) is 0 Å². The molecule has 7 heteroatoms. The molecule has 132 valence electrons. The number of nitrogens with one attached hydrogen (secondary N) is 1. The summed E-state index contributed by atoms with van der Waals surface area (Å²) in [7, 11) is 0. The quantitative estimate of drug-likeness (QED) is 0.313. The molecular weight excluding hydrogens is 421 g/mol. The van der Waals surface area contributed by atoms with Gasteiger partial charge in [-0.15, -0.1) is 24.0 Å². The van der Waals surface area contributed by atoms with Crippen molar-refractivity contribution < 1.29 is 0 Å². The van der Waals surface area contributed by atoms with E-state index in [2.05, 4.69) is 54.0 Å². The van der Waals surface area contributed by atoms with Crippen LogP contribution in [0.1, 0.15) is 32.3 Å². The Bertz CT molecular complexity index is 477. The van der Waals surface area contributed by atoms with E-state index in [0.29, 0.717) is 0 Å². The first kappa shape index (κ1) is 20.6. The van der Waals surface area contributed by atoms with Gasteiger partial charge in [0.1, 0.15) is 0 Å². The Hall–Kier alpha value is -0.440. The van der Waals surface area contributed by atoms with Crippen molar-refractivity contribution in [3.05, 3.63) is 18.0 Å². The van der Waals surface area contributed by atoms with Gasteiger partial charge in [-0.25, -0.2) is 0 Å². The lowest BCUT2D eigenvalue weighted by molar-refractivity contribution is 0.407. The van der Waals surface area contributed by atoms with Gasteiger partial charge >= 0.3 is 0 Å². The molecule has 5 nitrogen and oxygen atoms in total. The summed E-state index contributed by atoms with van der Waals surface area (Å²) in [5.41, 5.74) is 1.22. The van der Waals surface area contributed by atoms with Crippen molar-refractivity contribution >= 4 is 41.7 Å². The van der Waals surface area contributed by atoms with Gasteiger partial charge in [-0.3, -0.25) is 9.67 Å². The highest BCUT2D eigenvalue weighted by Crippen LogP contribution is 2.21. The first-order valence-electron chi connectivity index (χ1n) is 8.36. The maximum absolute atomic E-state index is 4.81. The second-order valence-electron chi connectivity index (χ2n) is 5.72. The summed E-state index contributed by atoms with van der Waals surface area (Å²) in [5, 5.41) is 8.50. The van der Waals surface area contributed by atoms with Crippen LogP contribution in [-0.2, 0) is 6.54 Å². The van der Waals surface area contributed by atoms with E-state index in [1.54, 1.807) is 0 Å². The standard InChI is InChI=1S/C16H29N5S.HI/c1-4-15-13-20(9-10-22-15)16(17-5-2)18-7-6-8-21-12-14(3)11-19-21;/h11-12,15H,4-10,13H2,1-3H3,(H,17,18);1H. The fourth-order valence-corrected chi connectivity index (χ4v) is 3.77. The van der Waals surface area contributed by atoms with Crippen LogP contribution >= 0.6 is 35.7 Å². The summed E-state index contributed by atoms with van der Waals surface area (Å²) < 4.78 is 2.00. The molecule has 1 aromatic heterocycles. The SMILES string of the molecule is CCNC(=NCCCn1cc(C)cn1)N1CCSC(CC)C1.I. The second-order valence-corrected chi connectivity index (χ2v) is 7.13. The molecule has 1 unspecified atom stereocenters. The van der Waals surface area contributed by atoms with E-state index in [4.69, 9.17) is 4.99 Å². The fourth-order valence-electron chi connectivity index (χ4n) is 2.59. The van der Waals surface area contributed by atoms with E-state index < -0.39 is 0 Å². The lowest BCUT2D eigenvalue weighted by Gasteiger charge is -2.34. The van der Waals surface area contributed by atoms with Crippen molar-refractivity contribution in [3.8, 4) is 0 Å². The lowest BCUT2D eigenvalue weighted by atomic mass is 10.3. The van der Waals surface area contributed by atoms with Crippen molar-refractivity contribution in [1.82, 2.24) is 20.0 Å². The Labute approximate surface area is 161 Å². The van der Waals surface area contributed by atoms with Gasteiger partial charge < -0.3 is 10.2 Å². The van der Waals surface area contributed by atoms with Crippen LogP contribution in [0.2, 0.25) is 0 Å². The Morgan fingerprint density at radius 3 is 2.96 bits per heavy atom. The molecule has 0 saturated carbocycles. The minimum atomic E-state index is 0. The predicted molar refractivity (Wildman–Crippen MR) is 111 cm³/mol. The molecule has 0 aliphatic carbocycles. The van der Waals surface area contributed by atoms with E-state index in [1.807, 2.05) is 10.9 Å². The molecule has 1 aliphatic rings. The third-order valence-corrected chi connectivity index (χ3v) is 5.17. The van der Waals surface area contributed by atoms with Gasteiger partial charge in [-0.2, -0.15) is 16.9 Å². The highest BCUT2D eigenvalue weighted by Gasteiger charge is 2.21. The molecule has 1 fully saturated rings. The van der Waals surface area contributed by atoms with Gasteiger partial charge in [0.25, 0.3) is 0 Å². The largest absolute Gasteiger partial charge is 0.357 e. The predicted octanol–water partition coefficient (Wildman–Crippen LogP) is 2.99. The maximum Gasteiger partial charge on any atom is 0.193 e. The highest BCUT2D eigenvalue weighted by molar-refractivity contribution is 14.0. The molecule has 0 spiro atoms. The first-order chi connectivity index (χ1) is 10.7. The average Bonchev–Trinajstić information content (AvgIpc) is 2.96. The molecule has 0 aromatic carbocycles. The Morgan fingerprint density at radius 1 is 1.48 bits per heavy atom. The van der Waals surface area contributed by atoms with E-state index in [9.17, 15) is 0 Å². The van der Waals surface area contributed by atoms with Crippen molar-refractivity contribution in [2.75, 3.05) is 31.9 Å². The number of hydrogen-bond donors (Lipinski definition) is 1. The number of rotatable bonds is 6. The number of guanidine groups is 1. The molecule has 1 atom stereocenters. The van der Waals surface area contributed by atoms with Crippen LogP contribution < -0.4 is 5.32 Å². The van der Waals surface area contributed by atoms with Crippen LogP contribution in [0, 0.1) is 6.92 Å². The van der Waals surface area contributed by atoms with Crippen molar-refractivity contribution in [1.29, 1.82) is 0 Å². The van der Waals surface area contributed by atoms with E-state index in [0.717, 1.165) is 50.4 Å². The molecule has 2 rings (SSSR count). The highest BCUT2D eigenvalue weighted by atomic mass is 127. The van der Waals surface area contributed by atoms with Crippen LogP contribution in [0.3, 0.4) is 0 Å². The Morgan fingerprint density at radius 2 is 2.30 bits per heavy atom. The van der Waals surface area contributed by atoms with Crippen molar-refractivity contribution in [2.24, 2.45) is 4.99 Å². The first-order valence-corrected chi connectivity index (χ1v) is 9.41. The molecule has 23 heavy (non-hydrogen) atoms. The van der Waals surface area contributed by atoms with E-state index in [-0.39, 0.29) is 24.0 Å². The number of nitrogens with zero attached hydrogens (tertiary/aromatic N) is 4. The molecule has 0 amide bonds. The Balaban J connectivity index is 0.00000264. The molecule has 0 radical (unpaired) electrons. The van der Waals surface area contributed by atoms with Crippen LogP contribution in [-0.4, -0.2) is 57.8 Å². The Kier molecular flexibility index (Phi) is 10.0. The average molecular weight is 451 g/mol. The molecule has 1 aromatic rings. The maximum atomic E-state index is 4.81. The summed E-state index contributed by atoms with van der Waals surface area (Å²) in [4.78, 5) is 7.23. The van der Waals surface area contributed by atoms with Gasteiger partial charge in [-0.1, -0.05) is 6.92 Å². The monoisotopic (exact) mass is 451 g/mol. The summed E-state index contributed by atoms with van der Waals surface area (Å²) in [5.74, 6) is 2.29. The van der Waals surface area contributed by atoms with Crippen LogP contribution in [0.5, 0.6) is 0 Å². The van der Waals surface area contributed by atoms with Crippen molar-refractivity contribution in [2.45, 2.75) is 45.4 Å². The number of aliphatic imine (C=N–C) groups is 1. The summed E-state index contributed by atoms with van der Waals surface area (Å²) in [6.45, 7) is 11.4. The number of thioether (sulfide) groups is 1. The summed E-state index contributed by atoms with van der Waals surface area (Å²) in [6.07, 6.45) is 6.25. The normalized spacial score (nSPS) is 18.7. The smallest absolute Gasteiger partial charge is 0.193 e. The van der Waals surface area contributed by atoms with Gasteiger partial charge in [0.2, 0.25) is 0 Å². The van der Waals surface area contributed by atoms with Gasteiger partial charge in [0, 0.05) is 49.9 Å². The van der Waals surface area contributed by atoms with Crippen molar-refractivity contribution in [3.63, 3.8) is 0 Å². The summed E-state index contributed by atoms with van der Waals surface area (Å²) >= 11 is 2.09. The number of aryl methyl sites for hydroxylation is 2. The second kappa shape index (κ2) is 11.2. The third-order valence-electron chi connectivity index (χ3n) is 3.80. The molecular formula is C16H30IN5S. The number of hydrogen-bond acceptors (Lipinski definition) is 3. The van der Waals surface area contributed by atoms with Crippen LogP contribution in [0.15, 0.2) is 17.4 Å². The third kappa shape index (κ3) is 6.91. The molecule has 2 heterocycles. The van der Waals surface area contributed by atoms with Gasteiger partial charge in [0.05, 0.1) is 6.20 Å². The zero-order chi connectivity index (χ0) is 15.8. The number of aromatic nitrogens is 2. The van der Waals surface area contributed by atoms with Crippen LogP contribution in [0.4, 0.5) is 0 Å². The number of halogens is 1.